The van der Waals surface area contributed by atoms with Gasteiger partial charge in [-0.25, -0.2) is 9.97 Å². The number of anilines is 2. The van der Waals surface area contributed by atoms with E-state index in [-0.39, 0.29) is 43.7 Å². The molecule has 0 radical (unpaired) electrons. The first-order chi connectivity index (χ1) is 33.4. The first kappa shape index (κ1) is 68.6. The Labute approximate surface area is 489 Å². The zero-order chi connectivity index (χ0) is 54.0. The Balaban J connectivity index is 0.000000342. The number of aliphatic imine (C=N–C) groups is 2. The van der Waals surface area contributed by atoms with Crippen LogP contribution in [0.1, 0.15) is 164 Å². The zero-order valence-electron chi connectivity index (χ0n) is 49.2. The molecule has 4 aromatic rings. The second-order valence-electron chi connectivity index (χ2n) is 25.0. The van der Waals surface area contributed by atoms with Gasteiger partial charge in [0.2, 0.25) is 0 Å². The Morgan fingerprint density at radius 3 is 1.15 bits per heavy atom. The molecule has 0 spiro atoms. The van der Waals surface area contributed by atoms with Crippen LogP contribution in [0.3, 0.4) is 0 Å². The number of pyridine rings is 2. The van der Waals surface area contributed by atoms with Crippen LogP contribution >= 0.6 is 41.5 Å². The molecule has 0 atom stereocenters. The molecule has 410 valence electrons. The molecule has 8 nitrogen and oxygen atoms in total. The SMILES string of the molecule is Brc1ccc2c(c1)CN=C2c1ccnc(N2CCOCC2)c1.CC(C)(C)P(C(C)(C)C)C(C)(C)C.CC(C)(C)P(C(C)(C)C)C(C)(C)C.Cc1ccc2c(c1)CN=C2c1ccnc(N2CCOCC2)c1.[CH3-].[Cl][Zn+].[Pd]. The van der Waals surface area contributed by atoms with Crippen LogP contribution < -0.4 is 9.80 Å². The molecule has 2 aromatic carbocycles. The predicted octanol–water partition coefficient (Wildman–Crippen LogP) is 16.5. The van der Waals surface area contributed by atoms with Crippen molar-refractivity contribution in [1.29, 1.82) is 0 Å². The smallest absolute Gasteiger partial charge is 0 e. The van der Waals surface area contributed by atoms with Gasteiger partial charge in [0.1, 0.15) is 11.6 Å². The fraction of sp³-hybridized carbons (Fsp3) is 0.583. The van der Waals surface area contributed by atoms with Gasteiger partial charge in [0.15, 0.2) is 0 Å². The van der Waals surface area contributed by atoms with E-state index in [9.17, 15) is 0 Å². The molecule has 2 saturated heterocycles. The quantitative estimate of drug-likeness (QED) is 0.115. The van der Waals surface area contributed by atoms with Gasteiger partial charge in [0, 0.05) is 85.7 Å². The standard InChI is InChI=1S/C18H19N3O.C17H16BrN3O.2C12H27P.CH3.ClH.Pd.Zn/c1-13-2-3-16-15(10-13)12-20-18(16)14-4-5-19-17(11-14)21-6-8-22-9-7-21;18-14-1-2-15-13(9-14)11-20-17(15)12-3-4-19-16(10-12)21-5-7-22-8-6-21;2*1-10(2,3)13(11(4,5)6)12(7,8)9;;;;/h2-5,10-11H,6-9,12H2,1H3;1-4,9-10H,5-8,11H2;2*1-9H3;1H3;1H;;/q;;;;-1;;;+2/p-1. The molecule has 0 amide bonds. The third-order valence-electron chi connectivity index (χ3n) is 12.4. The van der Waals surface area contributed by atoms with E-state index < -0.39 is 0 Å². The summed E-state index contributed by atoms with van der Waals surface area (Å²) in [6, 6.07) is 21.3. The van der Waals surface area contributed by atoms with E-state index in [0.29, 0.717) is 30.9 Å². The maximum Gasteiger partial charge on any atom is 0 e. The van der Waals surface area contributed by atoms with Crippen LogP contribution in [0.2, 0.25) is 0 Å². The van der Waals surface area contributed by atoms with Crippen molar-refractivity contribution in [3.8, 4) is 0 Å². The Bertz CT molecular complexity index is 2200. The van der Waals surface area contributed by atoms with Crippen LogP contribution in [0.25, 0.3) is 0 Å². The molecule has 2 aromatic heterocycles. The Hall–Kier alpha value is -1.48. The summed E-state index contributed by atoms with van der Waals surface area (Å²) in [6.45, 7) is 53.2. The molecule has 4 aliphatic rings. The Kier molecular flexibility index (Phi) is 27.0. The minimum Gasteiger partial charge on any atom is 0 e. The normalized spacial score (nSPS) is 15.7. The number of halogens is 2. The molecule has 0 N–H and O–H groups in total. The second-order valence-corrected chi connectivity index (χ2v) is 35.3. The minimum atomic E-state index is 0. The van der Waals surface area contributed by atoms with Crippen molar-refractivity contribution in [1.82, 2.24) is 9.97 Å². The minimum absolute atomic E-state index is 0. The second kappa shape index (κ2) is 29.1. The summed E-state index contributed by atoms with van der Waals surface area (Å²) in [7, 11) is 4.80. The van der Waals surface area contributed by atoms with Gasteiger partial charge in [0.05, 0.1) is 50.9 Å². The van der Waals surface area contributed by atoms with Gasteiger partial charge in [0.25, 0.3) is 0 Å². The van der Waals surface area contributed by atoms with E-state index >= 15 is 0 Å². The molecule has 74 heavy (non-hydrogen) atoms. The van der Waals surface area contributed by atoms with Gasteiger partial charge in [-0.1, -0.05) is 186 Å². The van der Waals surface area contributed by atoms with Gasteiger partial charge in [-0.3, -0.25) is 9.98 Å². The maximum atomic E-state index is 5.42. The first-order valence-electron chi connectivity index (χ1n) is 25.8. The molecule has 4 aliphatic heterocycles. The van der Waals surface area contributed by atoms with Crippen molar-refractivity contribution in [3.63, 3.8) is 0 Å². The number of morpholine rings is 2. The Morgan fingerprint density at radius 1 is 0.500 bits per heavy atom. The van der Waals surface area contributed by atoms with Crippen molar-refractivity contribution < 1.29 is 47.2 Å². The van der Waals surface area contributed by atoms with Crippen molar-refractivity contribution >= 4 is 64.5 Å². The predicted molar refractivity (Wildman–Crippen MR) is 323 cm³/mol. The molecule has 0 aliphatic carbocycles. The molecular formula is C60H92BrClN6O2P2PdZn. The van der Waals surface area contributed by atoms with Crippen molar-refractivity contribution in [2.75, 3.05) is 62.4 Å². The first-order valence-corrected chi connectivity index (χ1v) is 33.2. The summed E-state index contributed by atoms with van der Waals surface area (Å²) in [6.07, 6.45) is 3.76. The number of aromatic nitrogens is 2. The average molecular weight is 1280 g/mol. The molecule has 0 bridgehead atoms. The zero-order valence-corrected chi connectivity index (χ0v) is 57.8. The molecule has 0 saturated carbocycles. The summed E-state index contributed by atoms with van der Waals surface area (Å²) >= 11 is 4.37. The molecule has 8 rings (SSSR count). The number of benzene rings is 2. The van der Waals surface area contributed by atoms with Gasteiger partial charge in [-0.05, 0) is 85.4 Å². The largest absolute Gasteiger partial charge is 0 e. The number of ether oxygens (including phenoxy) is 2. The number of rotatable bonds is 4. The number of aryl methyl sites for hydroxylation is 1. The third kappa shape index (κ3) is 20.0. The number of hydrogen-bond donors (Lipinski definition) is 0. The van der Waals surface area contributed by atoms with E-state index in [0.717, 1.165) is 122 Å². The summed E-state index contributed by atoms with van der Waals surface area (Å²) in [4.78, 5) is 23.1. The molecule has 14 heteroatoms. The fourth-order valence-corrected chi connectivity index (χ4v) is 24.6. The molecule has 6 heterocycles. The molecule has 2 fully saturated rings. The summed E-state index contributed by atoms with van der Waals surface area (Å²) in [5, 5.41) is 2.70. The molecule has 0 unspecified atom stereocenters. The van der Waals surface area contributed by atoms with Crippen molar-refractivity contribution in [2.24, 2.45) is 9.98 Å². The summed E-state index contributed by atoms with van der Waals surface area (Å²) in [5.74, 6) is 2.03. The monoisotopic (exact) mass is 1270 g/mol. The maximum absolute atomic E-state index is 5.42. The van der Waals surface area contributed by atoms with E-state index in [1.807, 2.05) is 18.5 Å². The van der Waals surface area contributed by atoms with Gasteiger partial charge >= 0.3 is 27.0 Å². The summed E-state index contributed by atoms with van der Waals surface area (Å²) < 4.78 is 11.9. The number of hydrogen-bond acceptors (Lipinski definition) is 8. The van der Waals surface area contributed by atoms with E-state index in [1.54, 1.807) is 0 Å². The van der Waals surface area contributed by atoms with Crippen molar-refractivity contribution in [2.45, 2.75) is 176 Å². The average Bonchev–Trinajstić information content (AvgIpc) is 3.89. The van der Waals surface area contributed by atoms with Gasteiger partial charge in [-0.15, -0.1) is 0 Å². The van der Waals surface area contributed by atoms with Gasteiger partial charge < -0.3 is 26.7 Å². The van der Waals surface area contributed by atoms with Crippen molar-refractivity contribution in [3.05, 3.63) is 124 Å². The number of fused-ring (bicyclic) bond motifs is 2. The fourth-order valence-electron chi connectivity index (χ4n) is 12.1. The van der Waals surface area contributed by atoms with E-state index in [1.165, 1.54) is 27.8 Å². The van der Waals surface area contributed by atoms with Crippen LogP contribution in [0.5, 0.6) is 0 Å². The van der Waals surface area contributed by atoms with Crippen LogP contribution in [-0.4, -0.2) is 105 Å². The van der Waals surface area contributed by atoms with Crippen LogP contribution in [0, 0.1) is 14.4 Å². The third-order valence-corrected chi connectivity index (χ3v) is 20.9. The van der Waals surface area contributed by atoms with E-state index in [4.69, 9.17) is 29.1 Å². The van der Waals surface area contributed by atoms with E-state index in [2.05, 4.69) is 222 Å². The van der Waals surface area contributed by atoms with Crippen LogP contribution in [0.4, 0.5) is 11.6 Å². The Morgan fingerprint density at radius 2 is 0.824 bits per heavy atom. The van der Waals surface area contributed by atoms with Crippen LogP contribution in [-0.2, 0) is 60.3 Å². The summed E-state index contributed by atoms with van der Waals surface area (Å²) in [5.41, 5.74) is 10.8. The molecular weight excluding hydrogens is 1190 g/mol. The topological polar surface area (TPSA) is 75.4 Å². The van der Waals surface area contributed by atoms with Gasteiger partial charge in [-0.2, -0.15) is 0 Å². The van der Waals surface area contributed by atoms with Crippen LogP contribution in [0.15, 0.2) is 87.5 Å². The number of nitrogens with zero attached hydrogens (tertiary/aromatic N) is 6.